The number of benzene rings is 2. The van der Waals surface area contributed by atoms with Crippen LogP contribution in [0.15, 0.2) is 48.5 Å². The van der Waals surface area contributed by atoms with Gasteiger partial charge < -0.3 is 19.9 Å². The molecule has 0 spiro atoms. The number of piperazine rings is 1. The molecule has 3 heterocycles. The van der Waals surface area contributed by atoms with Gasteiger partial charge in [-0.2, -0.15) is 5.01 Å². The normalized spacial score (nSPS) is 21.0. The van der Waals surface area contributed by atoms with E-state index < -0.39 is 12.2 Å². The van der Waals surface area contributed by atoms with Gasteiger partial charge in [0, 0.05) is 19.5 Å². The average molecular weight is 516 g/mol. The van der Waals surface area contributed by atoms with Crippen LogP contribution in [0.1, 0.15) is 36.5 Å². The van der Waals surface area contributed by atoms with E-state index in [1.165, 1.54) is 5.01 Å². The van der Waals surface area contributed by atoms with Gasteiger partial charge in [-0.15, -0.1) is 6.42 Å². The number of ether oxygens (including phenoxy) is 1. The first-order valence-electron chi connectivity index (χ1n) is 13.1. The van der Waals surface area contributed by atoms with Crippen molar-refractivity contribution in [1.82, 2.24) is 25.1 Å². The van der Waals surface area contributed by atoms with Gasteiger partial charge in [-0.1, -0.05) is 61.7 Å². The fraction of sp³-hybridized carbons (Fsp3) is 0.414. The van der Waals surface area contributed by atoms with Crippen molar-refractivity contribution in [2.75, 3.05) is 26.2 Å². The largest absolute Gasteiger partial charge is 0.493 e. The first-order valence-corrected chi connectivity index (χ1v) is 13.1. The van der Waals surface area contributed by atoms with E-state index in [1.807, 2.05) is 55.5 Å². The number of nitrogens with zero attached hydrogens (tertiary/aromatic N) is 4. The first kappa shape index (κ1) is 25.6. The monoisotopic (exact) mass is 515 g/mol. The number of hydrazine groups is 1. The number of terminal acetylenes is 1. The summed E-state index contributed by atoms with van der Waals surface area (Å²) in [5.41, 5.74) is 3.07. The third-order valence-electron chi connectivity index (χ3n) is 7.29. The quantitative estimate of drug-likeness (QED) is 0.573. The summed E-state index contributed by atoms with van der Waals surface area (Å²) in [7, 11) is 0. The number of hydrogen-bond donors (Lipinski definition) is 1. The van der Waals surface area contributed by atoms with Gasteiger partial charge in [0.2, 0.25) is 11.8 Å². The molecule has 0 aliphatic carbocycles. The van der Waals surface area contributed by atoms with E-state index in [0.717, 1.165) is 35.3 Å². The lowest BCUT2D eigenvalue weighted by atomic mass is 10.0. The SMILES string of the molecule is C#CCN1CC(=O)N2[C@@H](CCC)C(=O)N(Cc3ccc4c(c3)OCC4)C[C@@H]2N1C(=O)NCc1ccccc1. The lowest BCUT2D eigenvalue weighted by molar-refractivity contribution is -0.189. The van der Waals surface area contributed by atoms with Gasteiger partial charge in [-0.05, 0) is 29.2 Å². The molecular formula is C29H33N5O4. The number of urea groups is 1. The molecule has 5 rings (SSSR count). The minimum Gasteiger partial charge on any atom is -0.493 e. The molecule has 0 unspecified atom stereocenters. The van der Waals surface area contributed by atoms with Crippen LogP contribution in [0, 0.1) is 12.3 Å². The Bertz CT molecular complexity index is 1240. The number of carbonyl (C=O) groups is 3. The van der Waals surface area contributed by atoms with Crippen molar-refractivity contribution in [1.29, 1.82) is 0 Å². The Labute approximate surface area is 223 Å². The summed E-state index contributed by atoms with van der Waals surface area (Å²) in [6.45, 7) is 3.57. The van der Waals surface area contributed by atoms with Crippen molar-refractivity contribution in [3.63, 3.8) is 0 Å². The molecule has 38 heavy (non-hydrogen) atoms. The molecule has 0 radical (unpaired) electrons. The van der Waals surface area contributed by atoms with E-state index in [1.54, 1.807) is 14.8 Å². The van der Waals surface area contributed by atoms with Crippen molar-refractivity contribution in [3.05, 3.63) is 65.2 Å². The average Bonchev–Trinajstić information content (AvgIpc) is 3.38. The fourth-order valence-electron chi connectivity index (χ4n) is 5.51. The molecule has 0 bridgehead atoms. The van der Waals surface area contributed by atoms with Crippen molar-refractivity contribution in [2.24, 2.45) is 0 Å². The van der Waals surface area contributed by atoms with E-state index in [0.29, 0.717) is 26.1 Å². The summed E-state index contributed by atoms with van der Waals surface area (Å²) in [5.74, 6) is 3.12. The number of amides is 4. The summed E-state index contributed by atoms with van der Waals surface area (Å²) < 4.78 is 5.72. The Hall–Kier alpha value is -4.03. The van der Waals surface area contributed by atoms with Crippen molar-refractivity contribution >= 4 is 17.8 Å². The highest BCUT2D eigenvalue weighted by molar-refractivity contribution is 5.91. The van der Waals surface area contributed by atoms with E-state index in [2.05, 4.69) is 11.2 Å². The standard InChI is InChI=1S/C29H33N5O4/c1-3-8-24-28(36)31(18-22-11-12-23-13-15-38-25(23)16-22)19-26-33(24)27(35)20-32(14-4-2)34(26)29(37)30-17-21-9-6-5-7-10-21/h2,5-7,9-12,16,24,26H,3,8,13-15,17-20H2,1H3,(H,30,37)/t24-,26-/m0/s1. The van der Waals surface area contributed by atoms with Crippen molar-refractivity contribution in [3.8, 4) is 18.1 Å². The van der Waals surface area contributed by atoms with Crippen LogP contribution in [0.2, 0.25) is 0 Å². The van der Waals surface area contributed by atoms with Crippen LogP contribution in [0.3, 0.4) is 0 Å². The Morgan fingerprint density at radius 3 is 2.74 bits per heavy atom. The van der Waals surface area contributed by atoms with Gasteiger partial charge in [0.1, 0.15) is 18.0 Å². The second kappa shape index (κ2) is 11.2. The zero-order valence-corrected chi connectivity index (χ0v) is 21.6. The summed E-state index contributed by atoms with van der Waals surface area (Å²) in [6, 6.07) is 14.7. The maximum atomic E-state index is 13.7. The number of carbonyl (C=O) groups excluding carboxylic acids is 3. The maximum absolute atomic E-state index is 13.7. The van der Waals surface area contributed by atoms with Gasteiger partial charge in [0.25, 0.3) is 0 Å². The Morgan fingerprint density at radius 1 is 1.16 bits per heavy atom. The van der Waals surface area contributed by atoms with Crippen LogP contribution in [0.25, 0.3) is 0 Å². The van der Waals surface area contributed by atoms with Gasteiger partial charge in [-0.25, -0.2) is 9.80 Å². The summed E-state index contributed by atoms with van der Waals surface area (Å²) >= 11 is 0. The fourth-order valence-corrected chi connectivity index (χ4v) is 5.51. The lowest BCUT2D eigenvalue weighted by Crippen LogP contribution is -2.76. The van der Waals surface area contributed by atoms with Crippen LogP contribution in [0.5, 0.6) is 5.75 Å². The molecule has 2 fully saturated rings. The molecule has 2 atom stereocenters. The molecule has 3 aliphatic rings. The smallest absolute Gasteiger partial charge is 0.334 e. The Balaban J connectivity index is 1.43. The van der Waals surface area contributed by atoms with E-state index in [-0.39, 0.29) is 37.5 Å². The first-order chi connectivity index (χ1) is 18.5. The van der Waals surface area contributed by atoms with Crippen molar-refractivity contribution < 1.29 is 19.1 Å². The predicted octanol–water partition coefficient (Wildman–Crippen LogP) is 2.36. The molecule has 9 nitrogen and oxygen atoms in total. The number of hydrogen-bond acceptors (Lipinski definition) is 5. The molecule has 198 valence electrons. The number of nitrogens with one attached hydrogen (secondary N) is 1. The second-order valence-corrected chi connectivity index (χ2v) is 9.86. The zero-order valence-electron chi connectivity index (χ0n) is 21.6. The third kappa shape index (κ3) is 5.04. The third-order valence-corrected chi connectivity index (χ3v) is 7.29. The molecule has 2 aromatic carbocycles. The summed E-state index contributed by atoms with van der Waals surface area (Å²) in [4.78, 5) is 44.0. The number of fused-ring (bicyclic) bond motifs is 2. The molecule has 9 heteroatoms. The van der Waals surface area contributed by atoms with Crippen LogP contribution in [-0.4, -0.2) is 76.1 Å². The van der Waals surface area contributed by atoms with Gasteiger partial charge in [0.15, 0.2) is 0 Å². The molecule has 4 amide bonds. The minimum atomic E-state index is -0.666. The number of rotatable bonds is 7. The Kier molecular flexibility index (Phi) is 7.52. The Morgan fingerprint density at radius 2 is 1.97 bits per heavy atom. The molecule has 0 aromatic heterocycles. The topological polar surface area (TPSA) is 85.4 Å². The van der Waals surface area contributed by atoms with Crippen LogP contribution in [-0.2, 0) is 29.1 Å². The highest BCUT2D eigenvalue weighted by Gasteiger charge is 2.51. The molecule has 3 aliphatic heterocycles. The van der Waals surface area contributed by atoms with Crippen LogP contribution < -0.4 is 10.1 Å². The van der Waals surface area contributed by atoms with Gasteiger partial charge >= 0.3 is 6.03 Å². The zero-order chi connectivity index (χ0) is 26.6. The highest BCUT2D eigenvalue weighted by Crippen LogP contribution is 2.31. The molecule has 2 saturated heterocycles. The summed E-state index contributed by atoms with van der Waals surface area (Å²) in [6.07, 6.45) is 7.07. The van der Waals surface area contributed by atoms with Crippen molar-refractivity contribution in [2.45, 2.75) is 51.5 Å². The molecule has 2 aromatic rings. The highest BCUT2D eigenvalue weighted by atomic mass is 16.5. The van der Waals surface area contributed by atoms with Crippen LogP contribution in [0.4, 0.5) is 4.79 Å². The van der Waals surface area contributed by atoms with Crippen LogP contribution >= 0.6 is 0 Å². The maximum Gasteiger partial charge on any atom is 0.334 e. The molecule has 1 N–H and O–H groups in total. The minimum absolute atomic E-state index is 0.0604. The molecular weight excluding hydrogens is 482 g/mol. The van der Waals surface area contributed by atoms with E-state index in [9.17, 15) is 14.4 Å². The van der Waals surface area contributed by atoms with E-state index in [4.69, 9.17) is 11.2 Å². The van der Waals surface area contributed by atoms with Gasteiger partial charge in [-0.3, -0.25) is 9.59 Å². The molecule has 0 saturated carbocycles. The predicted molar refractivity (Wildman–Crippen MR) is 141 cm³/mol. The van der Waals surface area contributed by atoms with E-state index >= 15 is 0 Å². The lowest BCUT2D eigenvalue weighted by Gasteiger charge is -2.55. The second-order valence-electron chi connectivity index (χ2n) is 9.86. The van der Waals surface area contributed by atoms with Gasteiger partial charge in [0.05, 0.1) is 26.2 Å². The summed E-state index contributed by atoms with van der Waals surface area (Å²) in [5, 5.41) is 6.12.